The Bertz CT molecular complexity index is 1420. The quantitative estimate of drug-likeness (QED) is 0.529. The largest absolute Gasteiger partial charge is 0.469 e. The molecule has 0 aliphatic carbocycles. The van der Waals surface area contributed by atoms with Gasteiger partial charge in [-0.2, -0.15) is 0 Å². The molecular formula is C26H27N3O4S. The predicted octanol–water partition coefficient (Wildman–Crippen LogP) is 2.71. The molecule has 0 amide bonds. The van der Waals surface area contributed by atoms with Crippen molar-refractivity contribution < 1.29 is 14.3 Å². The highest BCUT2D eigenvalue weighted by Crippen LogP contribution is 2.47. The zero-order valence-corrected chi connectivity index (χ0v) is 20.5. The first-order valence-corrected chi connectivity index (χ1v) is 12.3. The Balaban J connectivity index is 1.66. The number of carbonyl (C=O) groups excluding carboxylic acids is 1. The van der Waals surface area contributed by atoms with E-state index in [0.29, 0.717) is 15.1 Å². The summed E-state index contributed by atoms with van der Waals surface area (Å²) in [4.78, 5) is 34.1. The van der Waals surface area contributed by atoms with Gasteiger partial charge in [-0.25, -0.2) is 4.99 Å². The summed E-state index contributed by atoms with van der Waals surface area (Å²) in [5, 5.41) is 0. The van der Waals surface area contributed by atoms with Crippen LogP contribution in [-0.4, -0.2) is 36.5 Å². The van der Waals surface area contributed by atoms with Crippen molar-refractivity contribution in [2.24, 2.45) is 10.9 Å². The van der Waals surface area contributed by atoms with Crippen molar-refractivity contribution in [1.29, 1.82) is 0 Å². The molecule has 8 heteroatoms. The summed E-state index contributed by atoms with van der Waals surface area (Å²) in [5.74, 6) is -0.597. The maximum atomic E-state index is 13.6. The Morgan fingerprint density at radius 1 is 1.21 bits per heavy atom. The van der Waals surface area contributed by atoms with Crippen molar-refractivity contribution in [3.8, 4) is 5.75 Å². The number of carbonyl (C=O) groups is 1. The summed E-state index contributed by atoms with van der Waals surface area (Å²) in [5.41, 5.74) is 1.53. The summed E-state index contributed by atoms with van der Waals surface area (Å²) in [7, 11) is 1.35. The lowest BCUT2D eigenvalue weighted by molar-refractivity contribution is -0.158. The van der Waals surface area contributed by atoms with E-state index in [9.17, 15) is 9.59 Å². The highest BCUT2D eigenvalue weighted by molar-refractivity contribution is 7.07. The van der Waals surface area contributed by atoms with Gasteiger partial charge in [0.15, 0.2) is 4.80 Å². The number of para-hydroxylation sites is 1. The standard InChI is InChI=1S/C26H27N3O4S/c1-5-28(6-2)17-13-11-16(12-14-17)15-20-23(30)29-22-18-9-7-8-10-19(18)33-26(3,27-25(29)34-20)21(22)24(31)32-4/h7-15,21-22H,5-6H2,1-4H3/b20-15-. The summed E-state index contributed by atoms with van der Waals surface area (Å²) < 4.78 is 13.5. The third-order valence-corrected chi connectivity index (χ3v) is 7.64. The van der Waals surface area contributed by atoms with Crippen LogP contribution in [0.1, 0.15) is 37.9 Å². The molecular weight excluding hydrogens is 450 g/mol. The van der Waals surface area contributed by atoms with Gasteiger partial charge in [-0.05, 0) is 50.6 Å². The molecule has 34 heavy (non-hydrogen) atoms. The lowest BCUT2D eigenvalue weighted by atomic mass is 9.81. The maximum absolute atomic E-state index is 13.6. The Morgan fingerprint density at radius 2 is 1.91 bits per heavy atom. The second-order valence-electron chi connectivity index (χ2n) is 8.58. The molecule has 0 saturated carbocycles. The number of ether oxygens (including phenoxy) is 2. The van der Waals surface area contributed by atoms with E-state index in [1.54, 1.807) is 11.5 Å². The number of hydrogen-bond donors (Lipinski definition) is 0. The van der Waals surface area contributed by atoms with Gasteiger partial charge < -0.3 is 14.4 Å². The number of methoxy groups -OCH3 is 1. The maximum Gasteiger partial charge on any atom is 0.317 e. The average molecular weight is 478 g/mol. The van der Waals surface area contributed by atoms with Gasteiger partial charge in [0.05, 0.1) is 17.7 Å². The van der Waals surface area contributed by atoms with Crippen LogP contribution in [-0.2, 0) is 9.53 Å². The third-order valence-electron chi connectivity index (χ3n) is 6.65. The number of thiazole rings is 1. The average Bonchev–Trinajstić information content (AvgIpc) is 3.13. The molecule has 5 rings (SSSR count). The van der Waals surface area contributed by atoms with Crippen LogP contribution in [0.3, 0.4) is 0 Å². The van der Waals surface area contributed by atoms with E-state index >= 15 is 0 Å². The zero-order valence-electron chi connectivity index (χ0n) is 19.6. The smallest absolute Gasteiger partial charge is 0.317 e. The number of fused-ring (bicyclic) bond motifs is 6. The second-order valence-corrected chi connectivity index (χ2v) is 9.59. The van der Waals surface area contributed by atoms with Crippen LogP contribution in [0, 0.1) is 5.92 Å². The van der Waals surface area contributed by atoms with Crippen LogP contribution in [0.4, 0.5) is 5.69 Å². The molecule has 7 nitrogen and oxygen atoms in total. The van der Waals surface area contributed by atoms with Crippen molar-refractivity contribution >= 4 is 29.1 Å². The first kappa shape index (κ1) is 22.4. The number of hydrogen-bond acceptors (Lipinski definition) is 7. The van der Waals surface area contributed by atoms with Crippen LogP contribution < -0.4 is 24.5 Å². The van der Waals surface area contributed by atoms with Gasteiger partial charge in [-0.15, -0.1) is 0 Å². The van der Waals surface area contributed by atoms with Crippen LogP contribution in [0.2, 0.25) is 0 Å². The normalized spacial score (nSPS) is 22.8. The molecule has 2 aliphatic heterocycles. The van der Waals surface area contributed by atoms with E-state index < -0.39 is 23.7 Å². The summed E-state index contributed by atoms with van der Waals surface area (Å²) in [6.45, 7) is 7.91. The fourth-order valence-electron chi connectivity index (χ4n) is 4.95. The van der Waals surface area contributed by atoms with Gasteiger partial charge in [0.2, 0.25) is 5.72 Å². The SMILES string of the molecule is CCN(CC)c1ccc(/C=c2\sc3n(c2=O)C2c4ccccc4OC(C)(N=3)C2C(=O)OC)cc1. The van der Waals surface area contributed by atoms with E-state index in [2.05, 4.69) is 30.9 Å². The van der Waals surface area contributed by atoms with Crippen molar-refractivity contribution in [2.45, 2.75) is 32.5 Å². The first-order chi connectivity index (χ1) is 16.4. The Hall–Kier alpha value is -3.39. The van der Waals surface area contributed by atoms with Gasteiger partial charge in [0.25, 0.3) is 5.56 Å². The molecule has 0 fully saturated rings. The van der Waals surface area contributed by atoms with E-state index in [1.165, 1.54) is 18.4 Å². The van der Waals surface area contributed by atoms with Crippen molar-refractivity contribution in [3.05, 3.63) is 79.3 Å². The molecule has 0 spiro atoms. The van der Waals surface area contributed by atoms with E-state index in [1.807, 2.05) is 42.5 Å². The second kappa shape index (κ2) is 8.43. The Labute approximate surface area is 201 Å². The molecule has 1 aromatic heterocycles. The lowest BCUT2D eigenvalue weighted by Crippen LogP contribution is -2.58. The minimum absolute atomic E-state index is 0.172. The molecule has 2 aromatic carbocycles. The molecule has 3 atom stereocenters. The molecule has 0 radical (unpaired) electrons. The van der Waals surface area contributed by atoms with Gasteiger partial charge >= 0.3 is 5.97 Å². The number of aromatic nitrogens is 1. The number of esters is 1. The first-order valence-electron chi connectivity index (χ1n) is 11.4. The molecule has 0 saturated heterocycles. The summed E-state index contributed by atoms with van der Waals surface area (Å²) in [6, 6.07) is 15.1. The highest BCUT2D eigenvalue weighted by atomic mass is 32.1. The van der Waals surface area contributed by atoms with Crippen LogP contribution in [0.5, 0.6) is 5.75 Å². The number of benzene rings is 2. The van der Waals surface area contributed by atoms with Crippen molar-refractivity contribution in [1.82, 2.24) is 4.57 Å². The minimum atomic E-state index is -1.16. The lowest BCUT2D eigenvalue weighted by Gasteiger charge is -2.44. The topological polar surface area (TPSA) is 73.1 Å². The number of anilines is 1. The monoisotopic (exact) mass is 477 g/mol. The number of nitrogens with zero attached hydrogens (tertiary/aromatic N) is 3. The van der Waals surface area contributed by atoms with E-state index in [-0.39, 0.29) is 5.56 Å². The third kappa shape index (κ3) is 3.44. The fraction of sp³-hybridized carbons (Fsp3) is 0.346. The van der Waals surface area contributed by atoms with Crippen LogP contribution in [0.25, 0.3) is 6.08 Å². The Kier molecular flexibility index (Phi) is 5.56. The predicted molar refractivity (Wildman–Crippen MR) is 132 cm³/mol. The Morgan fingerprint density at radius 3 is 2.59 bits per heavy atom. The van der Waals surface area contributed by atoms with Crippen molar-refractivity contribution in [3.63, 3.8) is 0 Å². The van der Waals surface area contributed by atoms with Gasteiger partial charge in [-0.1, -0.05) is 41.7 Å². The summed E-state index contributed by atoms with van der Waals surface area (Å²) in [6.07, 6.45) is 1.88. The molecule has 176 valence electrons. The molecule has 3 aromatic rings. The molecule has 3 unspecified atom stereocenters. The number of rotatable bonds is 5. The van der Waals surface area contributed by atoms with Crippen molar-refractivity contribution in [2.75, 3.05) is 25.1 Å². The fourth-order valence-corrected chi connectivity index (χ4v) is 6.05. The van der Waals surface area contributed by atoms with Gasteiger partial charge in [0.1, 0.15) is 11.7 Å². The molecule has 0 N–H and O–H groups in total. The van der Waals surface area contributed by atoms with Crippen LogP contribution in [0.15, 0.2) is 58.3 Å². The molecule has 2 bridgehead atoms. The van der Waals surface area contributed by atoms with E-state index in [4.69, 9.17) is 14.5 Å². The molecule has 2 aliphatic rings. The van der Waals surface area contributed by atoms with Gasteiger partial charge in [0, 0.05) is 24.3 Å². The highest BCUT2D eigenvalue weighted by Gasteiger charge is 2.55. The van der Waals surface area contributed by atoms with Crippen LogP contribution >= 0.6 is 11.3 Å². The zero-order chi connectivity index (χ0) is 24.0. The summed E-state index contributed by atoms with van der Waals surface area (Å²) >= 11 is 1.31. The molecule has 3 heterocycles. The minimum Gasteiger partial charge on any atom is -0.469 e. The van der Waals surface area contributed by atoms with Gasteiger partial charge in [-0.3, -0.25) is 14.2 Å². The van der Waals surface area contributed by atoms with E-state index in [0.717, 1.165) is 29.9 Å².